The Kier molecular flexibility index (Phi) is 33.2. The van der Waals surface area contributed by atoms with E-state index in [1.165, 1.54) is 38.5 Å². The van der Waals surface area contributed by atoms with Gasteiger partial charge in [0.05, 0.1) is 12.0 Å². The van der Waals surface area contributed by atoms with Crippen LogP contribution in [0.25, 0.3) is 0 Å². The Morgan fingerprint density at radius 1 is 0.474 bits per heavy atom. The molecule has 2 unspecified atom stereocenters. The molecule has 57 heavy (non-hydrogen) atoms. The van der Waals surface area contributed by atoms with Crippen LogP contribution in [0.1, 0.15) is 206 Å². The van der Waals surface area contributed by atoms with Crippen LogP contribution in [-0.2, 0) is 38.4 Å². The molecular weight excluding hydrogens is 732 g/mol. The SMILES string of the molecule is CC(=O)[C@@H](C)CCCCNC(=O)CCCCCCC(=O)C(CCC(=O)O)NC(=O)CCC(CC(=O)CCCCCCCCCCCCCCCCC(=O)O)C(=O)O. The van der Waals surface area contributed by atoms with Gasteiger partial charge >= 0.3 is 17.9 Å². The van der Waals surface area contributed by atoms with Crippen LogP contribution in [0.4, 0.5) is 0 Å². The van der Waals surface area contributed by atoms with Gasteiger partial charge in [-0.2, -0.15) is 0 Å². The van der Waals surface area contributed by atoms with Crippen LogP contribution in [-0.4, -0.2) is 75.0 Å². The van der Waals surface area contributed by atoms with E-state index in [0.717, 1.165) is 70.6 Å². The predicted octanol–water partition coefficient (Wildman–Crippen LogP) is 8.52. The van der Waals surface area contributed by atoms with Gasteiger partial charge in [-0.25, -0.2) is 0 Å². The normalized spacial score (nSPS) is 12.7. The zero-order chi connectivity index (χ0) is 42.7. The Balaban J connectivity index is 4.26. The summed E-state index contributed by atoms with van der Waals surface area (Å²) < 4.78 is 0. The van der Waals surface area contributed by atoms with Gasteiger partial charge in [0, 0.05) is 57.4 Å². The van der Waals surface area contributed by atoms with Gasteiger partial charge in [0.15, 0.2) is 5.78 Å². The maximum absolute atomic E-state index is 12.9. The van der Waals surface area contributed by atoms with E-state index in [1.807, 2.05) is 6.92 Å². The van der Waals surface area contributed by atoms with Crippen LogP contribution < -0.4 is 10.6 Å². The van der Waals surface area contributed by atoms with Crippen molar-refractivity contribution in [3.05, 3.63) is 0 Å². The fourth-order valence-corrected chi connectivity index (χ4v) is 6.77. The summed E-state index contributed by atoms with van der Waals surface area (Å²) in [5, 5.41) is 33.0. The van der Waals surface area contributed by atoms with E-state index in [0.29, 0.717) is 45.1 Å². The lowest BCUT2D eigenvalue weighted by Gasteiger charge is -2.18. The smallest absolute Gasteiger partial charge is 0.306 e. The highest BCUT2D eigenvalue weighted by atomic mass is 16.4. The van der Waals surface area contributed by atoms with Crippen LogP contribution >= 0.6 is 0 Å². The molecule has 0 aromatic heterocycles. The monoisotopic (exact) mass is 809 g/mol. The maximum atomic E-state index is 12.9. The summed E-state index contributed by atoms with van der Waals surface area (Å²) >= 11 is 0. The summed E-state index contributed by atoms with van der Waals surface area (Å²) in [6, 6.07) is -0.998. The van der Waals surface area contributed by atoms with Gasteiger partial charge in [0.1, 0.15) is 11.6 Å². The minimum atomic E-state index is -1.15. The summed E-state index contributed by atoms with van der Waals surface area (Å²) in [7, 11) is 0. The Hall–Kier alpha value is -3.64. The van der Waals surface area contributed by atoms with Crippen molar-refractivity contribution in [3.8, 4) is 0 Å². The molecule has 13 heteroatoms. The quantitative estimate of drug-likeness (QED) is 0.0368. The van der Waals surface area contributed by atoms with Crippen molar-refractivity contribution >= 4 is 47.1 Å². The molecule has 0 rings (SSSR count). The number of unbranched alkanes of at least 4 members (excludes halogenated alkanes) is 17. The maximum Gasteiger partial charge on any atom is 0.306 e. The lowest BCUT2D eigenvalue weighted by molar-refractivity contribution is -0.144. The van der Waals surface area contributed by atoms with Crippen molar-refractivity contribution < 1.29 is 53.7 Å². The van der Waals surface area contributed by atoms with Gasteiger partial charge < -0.3 is 26.0 Å². The molecule has 0 spiro atoms. The van der Waals surface area contributed by atoms with E-state index in [1.54, 1.807) is 6.92 Å². The third-order valence-electron chi connectivity index (χ3n) is 10.7. The molecule has 0 bridgehead atoms. The van der Waals surface area contributed by atoms with Crippen molar-refractivity contribution in [2.45, 2.75) is 213 Å². The number of amides is 2. The first-order chi connectivity index (χ1) is 27.2. The first-order valence-corrected chi connectivity index (χ1v) is 22.0. The van der Waals surface area contributed by atoms with Crippen molar-refractivity contribution in [2.75, 3.05) is 6.54 Å². The van der Waals surface area contributed by atoms with Gasteiger partial charge in [0.2, 0.25) is 11.8 Å². The third kappa shape index (κ3) is 34.1. The van der Waals surface area contributed by atoms with Crippen molar-refractivity contribution in [1.82, 2.24) is 10.6 Å². The third-order valence-corrected chi connectivity index (χ3v) is 10.7. The number of Topliss-reactive ketones (excluding diaryl/α,β-unsaturated/α-hetero) is 3. The van der Waals surface area contributed by atoms with Crippen LogP contribution in [0.3, 0.4) is 0 Å². The molecule has 0 aliphatic heterocycles. The molecular formula is C44H76N2O11. The van der Waals surface area contributed by atoms with Crippen molar-refractivity contribution in [2.24, 2.45) is 11.8 Å². The molecule has 0 aromatic rings. The Bertz CT molecular complexity index is 1190. The number of carboxylic acids is 3. The highest BCUT2D eigenvalue weighted by Gasteiger charge is 2.25. The largest absolute Gasteiger partial charge is 0.481 e. The zero-order valence-corrected chi connectivity index (χ0v) is 35.3. The van der Waals surface area contributed by atoms with Crippen LogP contribution in [0, 0.1) is 11.8 Å². The second-order valence-electron chi connectivity index (χ2n) is 16.0. The average Bonchev–Trinajstić information content (AvgIpc) is 3.15. The van der Waals surface area contributed by atoms with E-state index in [9.17, 15) is 43.5 Å². The van der Waals surface area contributed by atoms with E-state index in [2.05, 4.69) is 10.6 Å². The van der Waals surface area contributed by atoms with Crippen LogP contribution in [0.5, 0.6) is 0 Å². The van der Waals surface area contributed by atoms with Crippen LogP contribution in [0.2, 0.25) is 0 Å². The molecule has 0 heterocycles. The van der Waals surface area contributed by atoms with Gasteiger partial charge in [0.25, 0.3) is 0 Å². The molecule has 3 atom stereocenters. The molecule has 0 fully saturated rings. The number of hydrogen-bond acceptors (Lipinski definition) is 8. The molecule has 0 radical (unpaired) electrons. The van der Waals surface area contributed by atoms with E-state index in [4.69, 9.17) is 10.2 Å². The highest BCUT2D eigenvalue weighted by molar-refractivity contribution is 5.90. The molecule has 0 aromatic carbocycles. The molecule has 13 nitrogen and oxygen atoms in total. The molecule has 0 aliphatic rings. The molecule has 0 aliphatic carbocycles. The summed E-state index contributed by atoms with van der Waals surface area (Å²) in [5.41, 5.74) is 0. The zero-order valence-electron chi connectivity index (χ0n) is 35.3. The number of nitrogens with one attached hydrogen (secondary N) is 2. The number of carbonyl (C=O) groups is 8. The fourth-order valence-electron chi connectivity index (χ4n) is 6.77. The minimum absolute atomic E-state index is 0.0341. The Labute approximate surface area is 341 Å². The van der Waals surface area contributed by atoms with E-state index < -0.39 is 35.8 Å². The molecule has 328 valence electrons. The number of carboxylic acid groups (broad SMARTS) is 3. The number of ketones is 3. The van der Waals surface area contributed by atoms with Gasteiger partial charge in [-0.05, 0) is 58.3 Å². The summed E-state index contributed by atoms with van der Waals surface area (Å²) in [4.78, 5) is 95.2. The van der Waals surface area contributed by atoms with Gasteiger partial charge in [-0.15, -0.1) is 0 Å². The summed E-state index contributed by atoms with van der Waals surface area (Å²) in [6.07, 6.45) is 20.4. The molecule has 2 amide bonds. The molecule has 0 saturated heterocycles. The number of aliphatic carboxylic acids is 3. The van der Waals surface area contributed by atoms with Crippen molar-refractivity contribution in [1.29, 1.82) is 0 Å². The topological polar surface area (TPSA) is 221 Å². The van der Waals surface area contributed by atoms with Crippen molar-refractivity contribution in [3.63, 3.8) is 0 Å². The minimum Gasteiger partial charge on any atom is -0.481 e. The van der Waals surface area contributed by atoms with Gasteiger partial charge in [-0.3, -0.25) is 38.4 Å². The highest BCUT2D eigenvalue weighted by Crippen LogP contribution is 2.18. The molecule has 0 saturated carbocycles. The predicted molar refractivity (Wildman–Crippen MR) is 220 cm³/mol. The van der Waals surface area contributed by atoms with Gasteiger partial charge in [-0.1, -0.05) is 103 Å². The standard InChI is InChI=1S/C44H76N2O11/c1-34(35(2)47)23-21-22-32-45-40(50)26-19-16-15-18-25-39(49)38(29-31-43(54)55)46-41(51)30-28-36(44(56)57)33-37(48)24-17-13-11-9-7-5-3-4-6-8-10-12-14-20-27-42(52)53/h34,36,38H,3-33H2,1-2H3,(H,45,50)(H,46,51)(H,52,53)(H,54,55)(H,56,57)/t34-,36?,38?/m0/s1. The van der Waals surface area contributed by atoms with E-state index >= 15 is 0 Å². The molecule has 5 N–H and O–H groups in total. The second-order valence-corrected chi connectivity index (χ2v) is 16.0. The lowest BCUT2D eigenvalue weighted by atomic mass is 9.94. The average molecular weight is 809 g/mol. The fraction of sp³-hybridized carbons (Fsp3) is 0.818. The van der Waals surface area contributed by atoms with E-state index in [-0.39, 0.29) is 74.1 Å². The first-order valence-electron chi connectivity index (χ1n) is 22.0. The summed E-state index contributed by atoms with van der Waals surface area (Å²) in [6.45, 7) is 4.06. The second kappa shape index (κ2) is 35.5. The number of hydrogen-bond donors (Lipinski definition) is 5. The number of rotatable bonds is 41. The lowest BCUT2D eigenvalue weighted by Crippen LogP contribution is -2.41. The summed E-state index contributed by atoms with van der Waals surface area (Å²) in [5.74, 6) is -4.80. The Morgan fingerprint density at radius 2 is 0.947 bits per heavy atom. The van der Waals surface area contributed by atoms with Crippen LogP contribution in [0.15, 0.2) is 0 Å². The first kappa shape index (κ1) is 53.4. The number of carbonyl (C=O) groups excluding carboxylic acids is 5. The Morgan fingerprint density at radius 3 is 1.44 bits per heavy atom.